The summed E-state index contributed by atoms with van der Waals surface area (Å²) >= 11 is 9.29. The lowest BCUT2D eigenvalue weighted by Gasteiger charge is -2.38. The zero-order valence-corrected chi connectivity index (χ0v) is 13.2. The zero-order chi connectivity index (χ0) is 14.4. The smallest absolute Gasteiger partial charge is 0.261 e. The molecule has 2 N–H and O–H groups in total. The number of halogens is 2. The fourth-order valence-electron chi connectivity index (χ4n) is 2.62. The SMILES string of the molecule is CN1CCN2C(=O)c3c(N)nc(Cl)c(Br)c3OC[C@H]2C1. The van der Waals surface area contributed by atoms with Crippen LogP contribution in [-0.2, 0) is 0 Å². The fourth-order valence-corrected chi connectivity index (χ4v) is 3.19. The molecule has 0 spiro atoms. The van der Waals surface area contributed by atoms with Gasteiger partial charge in [0.05, 0.1) is 10.5 Å². The minimum Gasteiger partial charge on any atom is -0.489 e. The molecule has 0 saturated carbocycles. The molecule has 0 bridgehead atoms. The first-order chi connectivity index (χ1) is 9.49. The molecule has 1 fully saturated rings. The quantitative estimate of drug-likeness (QED) is 0.704. The van der Waals surface area contributed by atoms with E-state index in [0.29, 0.717) is 28.9 Å². The Morgan fingerprint density at radius 3 is 3.00 bits per heavy atom. The minimum atomic E-state index is -0.141. The summed E-state index contributed by atoms with van der Waals surface area (Å²) in [5, 5.41) is 0.200. The third kappa shape index (κ3) is 2.13. The molecule has 0 radical (unpaired) electrons. The van der Waals surface area contributed by atoms with Gasteiger partial charge in [0, 0.05) is 19.6 Å². The second-order valence-electron chi connectivity index (χ2n) is 5.03. The second-order valence-corrected chi connectivity index (χ2v) is 6.18. The van der Waals surface area contributed by atoms with Crippen molar-refractivity contribution in [2.45, 2.75) is 6.04 Å². The van der Waals surface area contributed by atoms with Crippen molar-refractivity contribution in [2.75, 3.05) is 39.0 Å². The van der Waals surface area contributed by atoms with Crippen LogP contribution in [-0.4, -0.2) is 60.0 Å². The van der Waals surface area contributed by atoms with E-state index in [4.69, 9.17) is 22.1 Å². The molecule has 1 atom stereocenters. The molecule has 2 aliphatic rings. The number of hydrogen-bond acceptors (Lipinski definition) is 5. The summed E-state index contributed by atoms with van der Waals surface area (Å²) in [7, 11) is 2.03. The predicted molar refractivity (Wildman–Crippen MR) is 79.2 cm³/mol. The Labute approximate surface area is 129 Å². The van der Waals surface area contributed by atoms with E-state index >= 15 is 0 Å². The number of likely N-dealkylation sites (N-methyl/N-ethyl adjacent to an activating group) is 1. The largest absolute Gasteiger partial charge is 0.489 e. The van der Waals surface area contributed by atoms with Gasteiger partial charge in [-0.2, -0.15) is 0 Å². The number of ether oxygens (including phenoxy) is 1. The first kappa shape index (κ1) is 13.9. The Morgan fingerprint density at radius 1 is 1.50 bits per heavy atom. The van der Waals surface area contributed by atoms with Crippen LogP contribution in [0.2, 0.25) is 5.15 Å². The molecule has 0 aromatic carbocycles. The number of nitrogen functional groups attached to an aromatic ring is 1. The highest BCUT2D eigenvalue weighted by Gasteiger charge is 2.37. The van der Waals surface area contributed by atoms with Crippen molar-refractivity contribution >= 4 is 39.3 Å². The monoisotopic (exact) mass is 360 g/mol. The van der Waals surface area contributed by atoms with E-state index in [0.717, 1.165) is 13.1 Å². The van der Waals surface area contributed by atoms with Crippen LogP contribution in [0.15, 0.2) is 4.47 Å². The number of carbonyl (C=O) groups excluding carboxylic acids is 1. The normalized spacial score (nSPS) is 22.9. The highest BCUT2D eigenvalue weighted by Crippen LogP contribution is 2.39. The maximum absolute atomic E-state index is 12.7. The Hall–Kier alpha value is -1.05. The summed E-state index contributed by atoms with van der Waals surface area (Å²) in [4.78, 5) is 20.7. The van der Waals surface area contributed by atoms with Crippen LogP contribution < -0.4 is 10.5 Å². The van der Waals surface area contributed by atoms with Gasteiger partial charge < -0.3 is 20.3 Å². The van der Waals surface area contributed by atoms with E-state index in [1.807, 2.05) is 11.9 Å². The van der Waals surface area contributed by atoms with Gasteiger partial charge in [0.15, 0.2) is 5.75 Å². The van der Waals surface area contributed by atoms with Gasteiger partial charge in [-0.25, -0.2) is 4.98 Å². The summed E-state index contributed by atoms with van der Waals surface area (Å²) in [6, 6.07) is 0.0127. The van der Waals surface area contributed by atoms with Crippen molar-refractivity contribution < 1.29 is 9.53 Å². The molecule has 3 rings (SSSR count). The lowest BCUT2D eigenvalue weighted by atomic mass is 10.1. The van der Waals surface area contributed by atoms with E-state index in [2.05, 4.69) is 25.8 Å². The fraction of sp³-hybridized carbons (Fsp3) is 0.500. The molecule has 1 aromatic heterocycles. The molecule has 1 amide bonds. The summed E-state index contributed by atoms with van der Waals surface area (Å²) < 4.78 is 6.27. The molecule has 2 aliphatic heterocycles. The third-order valence-corrected chi connectivity index (χ3v) is 4.90. The van der Waals surface area contributed by atoms with Crippen LogP contribution in [0.5, 0.6) is 5.75 Å². The maximum Gasteiger partial charge on any atom is 0.261 e. The second kappa shape index (κ2) is 5.05. The number of aromatic nitrogens is 1. The highest BCUT2D eigenvalue weighted by molar-refractivity contribution is 9.10. The van der Waals surface area contributed by atoms with Crippen LogP contribution in [0.1, 0.15) is 10.4 Å². The Balaban J connectivity index is 2.08. The molecular weight excluding hydrogens is 348 g/mol. The number of nitrogens with zero attached hydrogens (tertiary/aromatic N) is 3. The van der Waals surface area contributed by atoms with Crippen LogP contribution >= 0.6 is 27.5 Å². The van der Waals surface area contributed by atoms with Crippen molar-refractivity contribution in [1.82, 2.24) is 14.8 Å². The van der Waals surface area contributed by atoms with E-state index in [-0.39, 0.29) is 22.9 Å². The van der Waals surface area contributed by atoms with Gasteiger partial charge in [-0.15, -0.1) is 0 Å². The number of pyridine rings is 1. The van der Waals surface area contributed by atoms with Gasteiger partial charge in [-0.3, -0.25) is 4.79 Å². The number of rotatable bonds is 0. The Bertz CT molecular complexity index is 583. The predicted octanol–water partition coefficient (Wildman–Crippen LogP) is 1.23. The van der Waals surface area contributed by atoms with E-state index in [1.165, 1.54) is 0 Å². The van der Waals surface area contributed by atoms with Crippen molar-refractivity contribution in [2.24, 2.45) is 0 Å². The summed E-state index contributed by atoms with van der Waals surface area (Å²) in [6.07, 6.45) is 0. The lowest BCUT2D eigenvalue weighted by Crippen LogP contribution is -2.55. The molecule has 20 heavy (non-hydrogen) atoms. The molecule has 0 unspecified atom stereocenters. The average Bonchev–Trinajstić information content (AvgIpc) is 2.54. The molecule has 0 aliphatic carbocycles. The highest BCUT2D eigenvalue weighted by atomic mass is 79.9. The molecule has 108 valence electrons. The number of hydrogen-bond donors (Lipinski definition) is 1. The molecule has 3 heterocycles. The Kier molecular flexibility index (Phi) is 3.51. The van der Waals surface area contributed by atoms with E-state index in [9.17, 15) is 4.79 Å². The first-order valence-corrected chi connectivity index (χ1v) is 7.43. The average molecular weight is 362 g/mol. The van der Waals surface area contributed by atoms with Gasteiger partial charge >= 0.3 is 0 Å². The van der Waals surface area contributed by atoms with Gasteiger partial charge in [0.2, 0.25) is 0 Å². The number of piperazine rings is 1. The van der Waals surface area contributed by atoms with Crippen molar-refractivity contribution in [1.29, 1.82) is 0 Å². The van der Waals surface area contributed by atoms with Gasteiger partial charge in [0.1, 0.15) is 23.1 Å². The third-order valence-electron chi connectivity index (χ3n) is 3.66. The van der Waals surface area contributed by atoms with Gasteiger partial charge in [0.25, 0.3) is 5.91 Å². The molecule has 8 heteroatoms. The van der Waals surface area contributed by atoms with Gasteiger partial charge in [-0.1, -0.05) is 11.6 Å². The van der Waals surface area contributed by atoms with Crippen LogP contribution in [0.25, 0.3) is 0 Å². The van der Waals surface area contributed by atoms with Crippen molar-refractivity contribution in [3.8, 4) is 5.75 Å². The summed E-state index contributed by atoms with van der Waals surface area (Å²) in [5.41, 5.74) is 6.17. The number of amides is 1. The van der Waals surface area contributed by atoms with Gasteiger partial charge in [-0.05, 0) is 23.0 Å². The molecule has 6 nitrogen and oxygen atoms in total. The topological polar surface area (TPSA) is 71.7 Å². The van der Waals surface area contributed by atoms with Crippen LogP contribution in [0, 0.1) is 0 Å². The summed E-state index contributed by atoms with van der Waals surface area (Å²) in [5.74, 6) is 0.361. The van der Waals surface area contributed by atoms with Crippen molar-refractivity contribution in [3.63, 3.8) is 0 Å². The number of anilines is 1. The van der Waals surface area contributed by atoms with E-state index < -0.39 is 0 Å². The number of carbonyl (C=O) groups is 1. The maximum atomic E-state index is 12.7. The number of nitrogens with two attached hydrogens (primary N) is 1. The lowest BCUT2D eigenvalue weighted by molar-refractivity contribution is 0.0442. The molecule has 1 aromatic rings. The van der Waals surface area contributed by atoms with Crippen LogP contribution in [0.4, 0.5) is 5.82 Å². The van der Waals surface area contributed by atoms with Crippen LogP contribution in [0.3, 0.4) is 0 Å². The first-order valence-electron chi connectivity index (χ1n) is 6.25. The molecular formula is C12H14BrClN4O2. The molecule has 1 saturated heterocycles. The van der Waals surface area contributed by atoms with Crippen molar-refractivity contribution in [3.05, 3.63) is 15.2 Å². The zero-order valence-electron chi connectivity index (χ0n) is 10.9. The van der Waals surface area contributed by atoms with E-state index in [1.54, 1.807) is 0 Å². The summed E-state index contributed by atoms with van der Waals surface area (Å²) in [6.45, 7) is 2.68. The number of fused-ring (bicyclic) bond motifs is 2. The standard InChI is InChI=1S/C12H14BrClN4O2/c1-17-2-3-18-6(4-17)5-20-9-7(12(18)19)11(15)16-10(14)8(9)13/h6H,2-5H2,1H3,(H2,15,16)/t6-/m1/s1. The minimum absolute atomic E-state index is 0.0127. The Morgan fingerprint density at radius 2 is 2.25 bits per heavy atom.